The second-order valence-electron chi connectivity index (χ2n) is 7.54. The predicted molar refractivity (Wildman–Crippen MR) is 133 cm³/mol. The summed E-state index contributed by atoms with van der Waals surface area (Å²) in [6, 6.07) is 0. The van der Waals surface area contributed by atoms with Crippen LogP contribution in [0.2, 0.25) is 0 Å². The Morgan fingerprint density at radius 2 is 1.59 bits per heavy atom. The average molecular weight is 459 g/mol. The van der Waals surface area contributed by atoms with Crippen LogP contribution in [0.5, 0.6) is 0 Å². The van der Waals surface area contributed by atoms with E-state index in [4.69, 9.17) is 14.2 Å². The number of unbranched alkanes of at least 4 members (excludes halogenated alkanes) is 1. The van der Waals surface area contributed by atoms with Crippen molar-refractivity contribution in [2.75, 3.05) is 20.3 Å². The summed E-state index contributed by atoms with van der Waals surface area (Å²) in [5.74, 6) is -1.29. The second kappa shape index (κ2) is 20.2. The van der Waals surface area contributed by atoms with Gasteiger partial charge in [-0.25, -0.2) is 8.78 Å². The molecule has 2 atom stereocenters. The van der Waals surface area contributed by atoms with E-state index in [1.54, 1.807) is 19.9 Å². The van der Waals surface area contributed by atoms with Crippen LogP contribution in [0.15, 0.2) is 46.3 Å². The summed E-state index contributed by atoms with van der Waals surface area (Å²) in [6.07, 6.45) is 9.27. The molecule has 1 saturated heterocycles. The van der Waals surface area contributed by atoms with Crippen LogP contribution >= 0.6 is 0 Å². The van der Waals surface area contributed by atoms with Gasteiger partial charge < -0.3 is 14.2 Å². The maximum atomic E-state index is 14.2. The first-order valence-corrected chi connectivity index (χ1v) is 12.1. The Morgan fingerprint density at radius 3 is 2.09 bits per heavy atom. The van der Waals surface area contributed by atoms with Crippen LogP contribution in [0.1, 0.15) is 94.4 Å². The normalized spacial score (nSPS) is 20.8. The molecule has 1 aliphatic rings. The molecule has 1 fully saturated rings. The zero-order valence-electron chi connectivity index (χ0n) is 22.2. The Hall–Kier alpha value is -1.46. The van der Waals surface area contributed by atoms with Gasteiger partial charge in [-0.05, 0) is 69.6 Å². The fourth-order valence-corrected chi connectivity index (χ4v) is 2.88. The van der Waals surface area contributed by atoms with Crippen LogP contribution in [-0.4, -0.2) is 26.6 Å². The van der Waals surface area contributed by atoms with Crippen LogP contribution in [0.4, 0.5) is 8.78 Å². The van der Waals surface area contributed by atoms with Crippen molar-refractivity contribution in [1.82, 2.24) is 0 Å². The Balaban J connectivity index is 0. The highest BCUT2D eigenvalue weighted by Crippen LogP contribution is 2.26. The highest BCUT2D eigenvalue weighted by molar-refractivity contribution is 5.39. The highest BCUT2D eigenvalue weighted by Gasteiger charge is 2.21. The smallest absolute Gasteiger partial charge is 0.196 e. The molecule has 0 aromatic rings. The molecule has 0 aromatic carbocycles. The molecule has 0 spiro atoms. The third-order valence-corrected chi connectivity index (χ3v) is 5.14. The third kappa shape index (κ3) is 13.2. The lowest BCUT2D eigenvalue weighted by molar-refractivity contribution is -0.171. The first-order chi connectivity index (χ1) is 15.3. The minimum Gasteiger partial charge on any atom is -0.498 e. The van der Waals surface area contributed by atoms with Gasteiger partial charge in [0.1, 0.15) is 5.76 Å². The Kier molecular flexibility index (Phi) is 20.6. The highest BCUT2D eigenvalue weighted by atomic mass is 19.2. The van der Waals surface area contributed by atoms with Gasteiger partial charge in [-0.3, -0.25) is 0 Å². The van der Waals surface area contributed by atoms with Crippen molar-refractivity contribution in [1.29, 1.82) is 0 Å². The first kappa shape index (κ1) is 32.7. The van der Waals surface area contributed by atoms with Gasteiger partial charge in [0.05, 0.1) is 20.3 Å². The minimum atomic E-state index is -0.969. The van der Waals surface area contributed by atoms with Crippen molar-refractivity contribution in [3.63, 3.8) is 0 Å². The molecule has 0 radical (unpaired) electrons. The lowest BCUT2D eigenvalue weighted by atomic mass is 9.96. The molecular weight excluding hydrogens is 410 g/mol. The SMILES string of the molecule is CC.CC.CCCCC1CCC(OC/C(C)=C/C=C(C)/C(C)=C(F)/C(F)=C(\C)OC)OC1. The molecule has 0 aromatic heterocycles. The zero-order chi connectivity index (χ0) is 25.1. The Labute approximate surface area is 196 Å². The molecule has 0 amide bonds. The zero-order valence-corrected chi connectivity index (χ0v) is 22.2. The molecule has 3 nitrogen and oxygen atoms in total. The number of ether oxygens (including phenoxy) is 3. The van der Waals surface area contributed by atoms with E-state index in [-0.39, 0.29) is 17.6 Å². The summed E-state index contributed by atoms with van der Waals surface area (Å²) < 4.78 is 44.4. The van der Waals surface area contributed by atoms with E-state index in [9.17, 15) is 8.78 Å². The number of hydrogen-bond acceptors (Lipinski definition) is 3. The van der Waals surface area contributed by atoms with E-state index in [2.05, 4.69) is 6.92 Å². The number of halogens is 2. The average Bonchev–Trinajstić information content (AvgIpc) is 2.85. The van der Waals surface area contributed by atoms with E-state index >= 15 is 0 Å². The fraction of sp³-hybridized carbons (Fsp3) is 0.704. The van der Waals surface area contributed by atoms with Gasteiger partial charge in [0.15, 0.2) is 17.9 Å². The topological polar surface area (TPSA) is 27.7 Å². The Morgan fingerprint density at radius 1 is 0.969 bits per heavy atom. The van der Waals surface area contributed by atoms with E-state index in [1.165, 1.54) is 33.3 Å². The molecule has 1 aliphatic heterocycles. The van der Waals surface area contributed by atoms with Crippen LogP contribution in [0, 0.1) is 5.92 Å². The third-order valence-electron chi connectivity index (χ3n) is 5.14. The summed E-state index contributed by atoms with van der Waals surface area (Å²) >= 11 is 0. The molecule has 5 heteroatoms. The largest absolute Gasteiger partial charge is 0.498 e. The molecule has 0 saturated carbocycles. The number of rotatable bonds is 10. The lowest BCUT2D eigenvalue weighted by Gasteiger charge is -2.29. The van der Waals surface area contributed by atoms with Crippen LogP contribution in [0.3, 0.4) is 0 Å². The molecule has 1 heterocycles. The summed E-state index contributed by atoms with van der Waals surface area (Å²) in [5.41, 5.74) is 1.88. The van der Waals surface area contributed by atoms with Crippen molar-refractivity contribution in [2.24, 2.45) is 5.92 Å². The van der Waals surface area contributed by atoms with Crippen LogP contribution in [-0.2, 0) is 14.2 Å². The molecule has 188 valence electrons. The second-order valence-corrected chi connectivity index (χ2v) is 7.54. The predicted octanol–water partition coefficient (Wildman–Crippen LogP) is 8.98. The lowest BCUT2D eigenvalue weighted by Crippen LogP contribution is -2.28. The standard InChI is InChI=1S/C23H36F2O3.2C2H6/c1-7-8-9-20-12-13-21(28-15-20)27-14-16(2)10-11-17(3)18(4)22(24)23(25)19(5)26-6;2*1-2/h10-11,20-21H,7-9,12-15H2,1-6H3;2*1-2H3/b16-10+,17-11+,22-18-,23-19-;;. The summed E-state index contributed by atoms with van der Waals surface area (Å²) in [5, 5.41) is 0. The number of methoxy groups -OCH3 is 1. The van der Waals surface area contributed by atoms with Gasteiger partial charge in [-0.15, -0.1) is 0 Å². The molecule has 2 unspecified atom stereocenters. The maximum Gasteiger partial charge on any atom is 0.196 e. The van der Waals surface area contributed by atoms with Crippen molar-refractivity contribution in [3.8, 4) is 0 Å². The van der Waals surface area contributed by atoms with E-state index in [0.29, 0.717) is 18.1 Å². The van der Waals surface area contributed by atoms with Crippen molar-refractivity contribution >= 4 is 0 Å². The number of hydrogen-bond donors (Lipinski definition) is 0. The van der Waals surface area contributed by atoms with Gasteiger partial charge in [-0.2, -0.15) is 0 Å². The van der Waals surface area contributed by atoms with Crippen molar-refractivity contribution < 1.29 is 23.0 Å². The molecule has 1 rings (SSSR count). The first-order valence-electron chi connectivity index (χ1n) is 12.1. The Bertz CT molecular complexity index is 610. The molecule has 32 heavy (non-hydrogen) atoms. The van der Waals surface area contributed by atoms with Gasteiger partial charge in [-0.1, -0.05) is 59.6 Å². The van der Waals surface area contributed by atoms with E-state index in [0.717, 1.165) is 25.0 Å². The minimum absolute atomic E-state index is 0.0748. The van der Waals surface area contributed by atoms with Crippen molar-refractivity contribution in [3.05, 3.63) is 46.3 Å². The van der Waals surface area contributed by atoms with Crippen LogP contribution < -0.4 is 0 Å². The fourth-order valence-electron chi connectivity index (χ4n) is 2.88. The monoisotopic (exact) mass is 458 g/mol. The molecule has 0 aliphatic carbocycles. The number of allylic oxidation sites excluding steroid dienone is 7. The van der Waals surface area contributed by atoms with Gasteiger partial charge in [0, 0.05) is 0 Å². The van der Waals surface area contributed by atoms with Gasteiger partial charge >= 0.3 is 0 Å². The summed E-state index contributed by atoms with van der Waals surface area (Å²) in [6.45, 7) is 18.1. The van der Waals surface area contributed by atoms with Gasteiger partial charge in [0.25, 0.3) is 0 Å². The van der Waals surface area contributed by atoms with Crippen LogP contribution in [0.25, 0.3) is 0 Å². The summed E-state index contributed by atoms with van der Waals surface area (Å²) in [7, 11) is 1.31. The summed E-state index contributed by atoms with van der Waals surface area (Å²) in [4.78, 5) is 0. The molecular formula is C27H48F2O3. The van der Waals surface area contributed by atoms with Crippen molar-refractivity contribution in [2.45, 2.75) is 101 Å². The molecule has 0 bridgehead atoms. The van der Waals surface area contributed by atoms with E-state index < -0.39 is 11.7 Å². The molecule has 0 N–H and O–H groups in total. The van der Waals surface area contributed by atoms with Gasteiger partial charge in [0.2, 0.25) is 0 Å². The van der Waals surface area contributed by atoms with E-state index in [1.807, 2.05) is 40.7 Å². The quantitative estimate of drug-likeness (QED) is 0.241. The maximum absolute atomic E-state index is 14.2.